The van der Waals surface area contributed by atoms with Crippen LogP contribution in [0.5, 0.6) is 5.75 Å². The molecule has 0 aromatic heterocycles. The Balaban J connectivity index is 1.97. The lowest BCUT2D eigenvalue weighted by Gasteiger charge is -2.35. The lowest BCUT2D eigenvalue weighted by molar-refractivity contribution is 0.141. The van der Waals surface area contributed by atoms with Gasteiger partial charge in [-0.3, -0.25) is 4.90 Å². The van der Waals surface area contributed by atoms with E-state index < -0.39 is 0 Å². The average Bonchev–Trinajstić information content (AvgIpc) is 2.47. The van der Waals surface area contributed by atoms with E-state index in [0.29, 0.717) is 6.04 Å². The predicted octanol–water partition coefficient (Wildman–Crippen LogP) is 4.39. The fourth-order valence-corrected chi connectivity index (χ4v) is 3.00. The zero-order valence-corrected chi connectivity index (χ0v) is 13.7. The molecular weight excluding hydrogens is 349 g/mol. The van der Waals surface area contributed by atoms with Gasteiger partial charge in [0.2, 0.25) is 0 Å². The van der Waals surface area contributed by atoms with E-state index in [-0.39, 0.29) is 0 Å². The van der Waals surface area contributed by atoms with Crippen molar-refractivity contribution in [2.24, 2.45) is 0 Å². The van der Waals surface area contributed by atoms with E-state index in [2.05, 4.69) is 61.9 Å². The number of nitrogens with zero attached hydrogens (tertiary/aromatic N) is 1. The second kappa shape index (κ2) is 7.90. The molecule has 0 bridgehead atoms. The molecule has 0 N–H and O–H groups in total. The molecule has 1 fully saturated rings. The quantitative estimate of drug-likeness (QED) is 0.712. The number of likely N-dealkylation sites (tertiary alicyclic amines) is 1. The third-order valence-corrected chi connectivity index (χ3v) is 4.30. The number of methoxy groups -OCH3 is 1. The first kappa shape index (κ1) is 14.9. The Bertz CT molecular complexity index is 402. The van der Waals surface area contributed by atoms with Crippen molar-refractivity contribution in [2.75, 3.05) is 13.7 Å². The molecule has 2 nitrogen and oxygen atoms in total. The highest BCUT2D eigenvalue weighted by Gasteiger charge is 2.21. The normalized spacial score (nSPS) is 20.8. The van der Waals surface area contributed by atoms with Crippen LogP contribution < -0.4 is 4.74 Å². The van der Waals surface area contributed by atoms with Crippen LogP contribution in [0, 0.1) is 0 Å². The van der Waals surface area contributed by atoms with Crippen molar-refractivity contribution in [3.8, 4) is 5.75 Å². The Labute approximate surface area is 130 Å². The molecule has 3 heteroatoms. The number of ether oxygens (including phenoxy) is 1. The van der Waals surface area contributed by atoms with Gasteiger partial charge in [0.05, 0.1) is 7.11 Å². The van der Waals surface area contributed by atoms with Crippen LogP contribution in [-0.2, 0) is 6.54 Å². The lowest BCUT2D eigenvalue weighted by atomic mass is 9.98. The van der Waals surface area contributed by atoms with Crippen LogP contribution in [-0.4, -0.2) is 24.6 Å². The van der Waals surface area contributed by atoms with Gasteiger partial charge in [-0.15, -0.1) is 0 Å². The summed E-state index contributed by atoms with van der Waals surface area (Å²) in [6, 6.07) is 9.18. The van der Waals surface area contributed by atoms with Gasteiger partial charge in [-0.25, -0.2) is 0 Å². The van der Waals surface area contributed by atoms with Crippen LogP contribution in [0.15, 0.2) is 34.4 Å². The standard InChI is InChI=1S/C16H22INO/c1-19-16-9-7-14(8-10-16)13-18-12-3-2-5-15(18)6-4-11-17/h4,7-11,15H,2-3,5-6,12-13H2,1H3/b11-4-. The van der Waals surface area contributed by atoms with Crippen LogP contribution >= 0.6 is 22.6 Å². The Hall–Kier alpha value is -0.550. The molecule has 1 atom stereocenters. The minimum atomic E-state index is 0.710. The third kappa shape index (κ3) is 4.49. The SMILES string of the molecule is COc1ccc(CN2CCCCC2C/C=C\I)cc1. The van der Waals surface area contributed by atoms with Gasteiger partial charge in [0.25, 0.3) is 0 Å². The molecule has 0 aliphatic carbocycles. The summed E-state index contributed by atoms with van der Waals surface area (Å²) in [5, 5.41) is 0. The maximum Gasteiger partial charge on any atom is 0.118 e. The zero-order chi connectivity index (χ0) is 13.5. The Morgan fingerprint density at radius 1 is 1.32 bits per heavy atom. The third-order valence-electron chi connectivity index (χ3n) is 3.79. The van der Waals surface area contributed by atoms with Crippen molar-refractivity contribution in [1.82, 2.24) is 4.90 Å². The minimum absolute atomic E-state index is 0.710. The molecule has 1 aromatic carbocycles. The Morgan fingerprint density at radius 2 is 2.11 bits per heavy atom. The van der Waals surface area contributed by atoms with Crippen LogP contribution in [0.3, 0.4) is 0 Å². The smallest absolute Gasteiger partial charge is 0.118 e. The Kier molecular flexibility index (Phi) is 6.17. The molecule has 104 valence electrons. The summed E-state index contributed by atoms with van der Waals surface area (Å²) in [7, 11) is 1.71. The average molecular weight is 371 g/mol. The maximum absolute atomic E-state index is 5.21. The van der Waals surface area contributed by atoms with Gasteiger partial charge in [-0.05, 0) is 47.6 Å². The fraction of sp³-hybridized carbons (Fsp3) is 0.500. The molecule has 0 spiro atoms. The second-order valence-corrected chi connectivity index (χ2v) is 5.78. The zero-order valence-electron chi connectivity index (χ0n) is 11.5. The van der Waals surface area contributed by atoms with Crippen molar-refractivity contribution < 1.29 is 4.74 Å². The predicted molar refractivity (Wildman–Crippen MR) is 88.8 cm³/mol. The van der Waals surface area contributed by atoms with E-state index in [0.717, 1.165) is 12.3 Å². The Morgan fingerprint density at radius 3 is 2.79 bits per heavy atom. The number of piperidine rings is 1. The first-order valence-electron chi connectivity index (χ1n) is 6.95. The first-order valence-corrected chi connectivity index (χ1v) is 8.20. The van der Waals surface area contributed by atoms with Crippen molar-refractivity contribution in [3.63, 3.8) is 0 Å². The highest BCUT2D eigenvalue weighted by Crippen LogP contribution is 2.23. The van der Waals surface area contributed by atoms with E-state index in [4.69, 9.17) is 4.74 Å². The highest BCUT2D eigenvalue weighted by atomic mass is 127. The summed E-state index contributed by atoms with van der Waals surface area (Å²) in [5.41, 5.74) is 1.38. The second-order valence-electron chi connectivity index (χ2n) is 5.07. The van der Waals surface area contributed by atoms with E-state index in [9.17, 15) is 0 Å². The molecule has 2 rings (SSSR count). The van der Waals surface area contributed by atoms with Gasteiger partial charge in [-0.2, -0.15) is 0 Å². The first-order chi connectivity index (χ1) is 9.33. The topological polar surface area (TPSA) is 12.5 Å². The molecule has 1 aliphatic heterocycles. The van der Waals surface area contributed by atoms with Crippen LogP contribution in [0.2, 0.25) is 0 Å². The fourth-order valence-electron chi connectivity index (χ4n) is 2.71. The van der Waals surface area contributed by atoms with Crippen molar-refractivity contribution >= 4 is 22.6 Å². The van der Waals surface area contributed by atoms with Gasteiger partial charge >= 0.3 is 0 Å². The lowest BCUT2D eigenvalue weighted by Crippen LogP contribution is -2.38. The van der Waals surface area contributed by atoms with Crippen molar-refractivity contribution in [1.29, 1.82) is 0 Å². The molecule has 0 radical (unpaired) electrons. The number of rotatable bonds is 5. The molecule has 1 saturated heterocycles. The van der Waals surface area contributed by atoms with E-state index in [1.165, 1.54) is 37.8 Å². The summed E-state index contributed by atoms with van der Waals surface area (Å²) >= 11 is 2.31. The van der Waals surface area contributed by atoms with Gasteiger partial charge in [-0.1, -0.05) is 47.2 Å². The summed E-state index contributed by atoms with van der Waals surface area (Å²) in [4.78, 5) is 2.63. The number of hydrogen-bond donors (Lipinski definition) is 0. The van der Waals surface area contributed by atoms with E-state index >= 15 is 0 Å². The number of benzene rings is 1. The van der Waals surface area contributed by atoms with Gasteiger partial charge < -0.3 is 4.74 Å². The molecule has 0 amide bonds. The number of halogens is 1. The molecule has 1 unspecified atom stereocenters. The molecule has 1 aliphatic rings. The summed E-state index contributed by atoms with van der Waals surface area (Å²) in [5.74, 6) is 0.937. The monoisotopic (exact) mass is 371 g/mol. The molecule has 1 aromatic rings. The maximum atomic E-state index is 5.21. The molecule has 19 heavy (non-hydrogen) atoms. The largest absolute Gasteiger partial charge is 0.497 e. The van der Waals surface area contributed by atoms with Crippen LogP contribution in [0.4, 0.5) is 0 Å². The summed E-state index contributed by atoms with van der Waals surface area (Å²) in [6.45, 7) is 2.29. The summed E-state index contributed by atoms with van der Waals surface area (Å²) in [6.07, 6.45) is 7.51. The summed E-state index contributed by atoms with van der Waals surface area (Å²) < 4.78 is 7.35. The van der Waals surface area contributed by atoms with Gasteiger partial charge in [0.15, 0.2) is 0 Å². The van der Waals surface area contributed by atoms with Crippen molar-refractivity contribution in [3.05, 3.63) is 40.0 Å². The van der Waals surface area contributed by atoms with Crippen LogP contribution in [0.1, 0.15) is 31.2 Å². The molecular formula is C16H22INO. The number of hydrogen-bond acceptors (Lipinski definition) is 2. The van der Waals surface area contributed by atoms with E-state index in [1.807, 2.05) is 0 Å². The van der Waals surface area contributed by atoms with Crippen molar-refractivity contribution in [2.45, 2.75) is 38.3 Å². The van der Waals surface area contributed by atoms with Gasteiger partial charge in [0.1, 0.15) is 5.75 Å². The molecule has 1 heterocycles. The van der Waals surface area contributed by atoms with Gasteiger partial charge in [0, 0.05) is 12.6 Å². The van der Waals surface area contributed by atoms with E-state index in [1.54, 1.807) is 7.11 Å². The highest BCUT2D eigenvalue weighted by molar-refractivity contribution is 14.1. The molecule has 0 saturated carbocycles. The van der Waals surface area contributed by atoms with Crippen LogP contribution in [0.25, 0.3) is 0 Å². The minimum Gasteiger partial charge on any atom is -0.497 e.